The number of aromatic nitrogens is 2. The van der Waals surface area contributed by atoms with Crippen molar-refractivity contribution in [3.8, 4) is 0 Å². The number of para-hydroxylation sites is 2. The molecule has 0 saturated carbocycles. The van der Waals surface area contributed by atoms with Gasteiger partial charge >= 0.3 is 0 Å². The lowest BCUT2D eigenvalue weighted by Gasteiger charge is -2.43. The number of pyridine rings is 1. The number of imidazole rings is 1. The summed E-state index contributed by atoms with van der Waals surface area (Å²) >= 11 is 0. The Morgan fingerprint density at radius 1 is 0.525 bits per heavy atom. The van der Waals surface area contributed by atoms with Crippen LogP contribution in [0.2, 0.25) is 0 Å². The van der Waals surface area contributed by atoms with E-state index in [0.29, 0.717) is 0 Å². The Balaban J connectivity index is 1.25. The molecule has 2 aromatic heterocycles. The first kappa shape index (κ1) is 36.8. The van der Waals surface area contributed by atoms with E-state index < -0.39 is 0 Å². The predicted octanol–water partition coefficient (Wildman–Crippen LogP) is 12.1. The van der Waals surface area contributed by atoms with Crippen molar-refractivity contribution in [1.29, 1.82) is 0 Å². The van der Waals surface area contributed by atoms with Crippen LogP contribution in [0, 0.1) is 13.8 Å². The number of fused-ring (bicyclic) bond motifs is 6. The van der Waals surface area contributed by atoms with Crippen LogP contribution in [0.5, 0.6) is 0 Å². The third kappa shape index (κ3) is 5.95. The van der Waals surface area contributed by atoms with E-state index in [1.165, 1.54) is 50.2 Å². The third-order valence-corrected chi connectivity index (χ3v) is 12.3. The van der Waals surface area contributed by atoms with Crippen molar-refractivity contribution in [2.45, 2.75) is 66.2 Å². The lowest BCUT2D eigenvalue weighted by atomic mass is 9.35. The molecule has 0 radical (unpaired) electrons. The molecule has 2 aliphatic rings. The summed E-state index contributed by atoms with van der Waals surface area (Å²) in [6.45, 7) is 18.2. The van der Waals surface area contributed by atoms with Crippen molar-refractivity contribution in [2.75, 3.05) is 14.7 Å². The average Bonchev–Trinajstić information content (AvgIpc) is 3.61. The van der Waals surface area contributed by atoms with Gasteiger partial charge in [0.25, 0.3) is 6.71 Å². The van der Waals surface area contributed by atoms with Gasteiger partial charge in [0.05, 0.1) is 5.59 Å². The third-order valence-electron chi connectivity index (χ3n) is 12.3. The zero-order valence-corrected chi connectivity index (χ0v) is 35.3. The molecule has 0 spiro atoms. The summed E-state index contributed by atoms with van der Waals surface area (Å²) in [5, 5.41) is 0. The molecule has 0 aliphatic carbocycles. The van der Waals surface area contributed by atoms with Crippen molar-refractivity contribution < 1.29 is 0 Å². The van der Waals surface area contributed by atoms with E-state index >= 15 is 0 Å². The second-order valence-electron chi connectivity index (χ2n) is 18.3. The maximum Gasteiger partial charge on any atom is 0.277 e. The van der Waals surface area contributed by atoms with Crippen molar-refractivity contribution in [3.63, 3.8) is 0 Å². The summed E-state index contributed by atoms with van der Waals surface area (Å²) in [7, 11) is 0. The Morgan fingerprint density at radius 2 is 1.08 bits per heavy atom. The van der Waals surface area contributed by atoms with Crippen molar-refractivity contribution in [1.82, 2.24) is 9.38 Å². The van der Waals surface area contributed by atoms with Crippen LogP contribution in [-0.4, -0.2) is 16.1 Å². The van der Waals surface area contributed by atoms with Crippen LogP contribution >= 0.6 is 0 Å². The second-order valence-corrected chi connectivity index (χ2v) is 18.3. The zero-order chi connectivity index (χ0) is 40.8. The summed E-state index contributed by atoms with van der Waals surface area (Å²) in [5.74, 6) is 1.08. The van der Waals surface area contributed by atoms with Gasteiger partial charge in [0.15, 0.2) is 0 Å². The summed E-state index contributed by atoms with van der Waals surface area (Å²) in [6, 6.07) is 55.8. The first-order valence-electron chi connectivity index (χ1n) is 20.8. The summed E-state index contributed by atoms with van der Waals surface area (Å²) in [4.78, 5) is 12.8. The van der Waals surface area contributed by atoms with Gasteiger partial charge in [-0.25, -0.2) is 4.98 Å². The molecule has 10 rings (SSSR count). The van der Waals surface area contributed by atoms with Gasteiger partial charge in [-0.3, -0.25) is 9.30 Å². The Kier molecular flexibility index (Phi) is 8.43. The van der Waals surface area contributed by atoms with E-state index in [1.54, 1.807) is 0 Å². The number of nitrogens with zero attached hydrogens (tertiary/aromatic N) is 5. The highest BCUT2D eigenvalue weighted by atomic mass is 15.3. The van der Waals surface area contributed by atoms with E-state index in [0.717, 1.165) is 45.5 Å². The molecule has 4 heterocycles. The SMILES string of the molecule is Cc1cc(C(C)(C)C)ccc1N(c1ccc2c(c1)N(c1ccccc1)c1cccc3c1B2c1nc2ccccn2c1N3c1ccccc1)c1ccc(C(C)(C)C)cc1C. The number of anilines is 9. The Hall–Kier alpha value is -6.53. The first-order chi connectivity index (χ1) is 28.4. The molecule has 0 fully saturated rings. The quantitative estimate of drug-likeness (QED) is 0.163. The highest BCUT2D eigenvalue weighted by molar-refractivity contribution is 7.00. The monoisotopic (exact) mass is 767 g/mol. The molecule has 8 aromatic rings. The highest BCUT2D eigenvalue weighted by Crippen LogP contribution is 2.47. The predicted molar refractivity (Wildman–Crippen MR) is 251 cm³/mol. The molecule has 0 unspecified atom stereocenters. The smallest absolute Gasteiger partial charge is 0.277 e. The minimum atomic E-state index is -0.0888. The topological polar surface area (TPSA) is 27.0 Å². The van der Waals surface area contributed by atoms with Gasteiger partial charge in [0, 0.05) is 51.7 Å². The van der Waals surface area contributed by atoms with Crippen molar-refractivity contribution >= 4 is 80.2 Å². The van der Waals surface area contributed by atoms with E-state index in [2.05, 4.69) is 232 Å². The molecule has 0 bridgehead atoms. The maximum absolute atomic E-state index is 5.48. The Morgan fingerprint density at radius 3 is 1.66 bits per heavy atom. The average molecular weight is 768 g/mol. The number of hydrogen-bond donors (Lipinski definition) is 0. The Labute approximate surface area is 349 Å². The van der Waals surface area contributed by atoms with Crippen molar-refractivity contribution in [3.05, 3.63) is 180 Å². The second kappa shape index (κ2) is 13.5. The van der Waals surface area contributed by atoms with Crippen LogP contribution in [0.15, 0.2) is 158 Å². The lowest BCUT2D eigenvalue weighted by molar-refractivity contribution is 0.590. The van der Waals surface area contributed by atoms with Crippen LogP contribution in [0.3, 0.4) is 0 Å². The van der Waals surface area contributed by atoms with Crippen LogP contribution in [0.4, 0.5) is 51.3 Å². The minimum Gasteiger partial charge on any atom is -0.311 e. The normalized spacial score (nSPS) is 13.3. The van der Waals surface area contributed by atoms with Gasteiger partial charge in [-0.2, -0.15) is 0 Å². The molecule has 0 saturated heterocycles. The molecule has 0 N–H and O–H groups in total. The largest absolute Gasteiger partial charge is 0.311 e. The van der Waals surface area contributed by atoms with E-state index in [-0.39, 0.29) is 17.5 Å². The molecular weight excluding hydrogens is 717 g/mol. The van der Waals surface area contributed by atoms with Gasteiger partial charge < -0.3 is 9.80 Å². The van der Waals surface area contributed by atoms with Crippen LogP contribution in [0.1, 0.15) is 63.8 Å². The fraction of sp³-hybridized carbons (Fsp3) is 0.189. The minimum absolute atomic E-state index is 0.0412. The van der Waals surface area contributed by atoms with Crippen LogP contribution in [-0.2, 0) is 10.8 Å². The molecule has 0 amide bonds. The molecule has 290 valence electrons. The maximum atomic E-state index is 5.48. The molecule has 59 heavy (non-hydrogen) atoms. The Bertz CT molecular complexity index is 2840. The van der Waals surface area contributed by atoms with Gasteiger partial charge in [0.1, 0.15) is 11.5 Å². The fourth-order valence-corrected chi connectivity index (χ4v) is 9.28. The molecule has 5 nitrogen and oxygen atoms in total. The van der Waals surface area contributed by atoms with Crippen LogP contribution < -0.4 is 31.2 Å². The van der Waals surface area contributed by atoms with Gasteiger partial charge in [0.2, 0.25) is 0 Å². The van der Waals surface area contributed by atoms with E-state index in [1.807, 2.05) is 0 Å². The van der Waals surface area contributed by atoms with Crippen molar-refractivity contribution in [2.24, 2.45) is 0 Å². The first-order valence-corrected chi connectivity index (χ1v) is 20.8. The standard InChI is InChI=1S/C53H50BN5/c1-35-32-37(52(3,4)5)25-29-43(35)58(44-30-26-38(33-36(44)2)53(6,7)8)41-27-28-42-47(34-41)57(39-18-11-9-12-19-39)45-22-17-23-46-49(45)54(42)50-51(56-31-16-15-24-48(56)55-50)59(46)40-20-13-10-14-21-40/h9-34H,1-8H3. The number of hydrogen-bond acceptors (Lipinski definition) is 4. The summed E-state index contributed by atoms with van der Waals surface area (Å²) in [6.07, 6.45) is 2.15. The number of benzene rings is 6. The van der Waals surface area contributed by atoms with Gasteiger partial charge in [-0.05, 0) is 131 Å². The van der Waals surface area contributed by atoms with Gasteiger partial charge in [-0.15, -0.1) is 0 Å². The highest BCUT2D eigenvalue weighted by Gasteiger charge is 2.46. The summed E-state index contributed by atoms with van der Waals surface area (Å²) in [5.41, 5.74) is 18.9. The van der Waals surface area contributed by atoms with E-state index in [9.17, 15) is 0 Å². The molecular formula is C53H50BN5. The fourth-order valence-electron chi connectivity index (χ4n) is 9.28. The van der Waals surface area contributed by atoms with Gasteiger partial charge in [-0.1, -0.05) is 120 Å². The van der Waals surface area contributed by atoms with Crippen LogP contribution in [0.25, 0.3) is 5.65 Å². The molecule has 6 aromatic carbocycles. The van der Waals surface area contributed by atoms with E-state index in [4.69, 9.17) is 4.98 Å². The molecule has 2 aliphatic heterocycles. The number of rotatable bonds is 5. The lowest BCUT2D eigenvalue weighted by Crippen LogP contribution is -2.61. The zero-order valence-electron chi connectivity index (χ0n) is 35.3. The number of aryl methyl sites for hydroxylation is 2. The molecule has 6 heteroatoms. The summed E-state index contributed by atoms with van der Waals surface area (Å²) < 4.78 is 2.26. The molecule has 0 atom stereocenters.